The molecule has 128 valence electrons. The molecule has 0 amide bonds. The highest BCUT2D eigenvalue weighted by Crippen LogP contribution is 2.37. The summed E-state index contributed by atoms with van der Waals surface area (Å²) in [5.41, 5.74) is 10.3. The number of nitrogens with two attached hydrogens (primary N) is 1. The minimum atomic E-state index is -1.24. The lowest BCUT2D eigenvalue weighted by atomic mass is 9.75. The molecule has 0 aliphatic carbocycles. The van der Waals surface area contributed by atoms with Crippen LogP contribution in [0.3, 0.4) is 0 Å². The predicted molar refractivity (Wildman–Crippen MR) is 103 cm³/mol. The molecule has 0 saturated carbocycles. The van der Waals surface area contributed by atoms with Gasteiger partial charge in [0.05, 0.1) is 0 Å². The standard InChI is InChI=1S/C23H25NO/c1-17-10-6-8-14-20(17)23(25,21-15-9-7-11-18(21)2)22(24)16-19-12-4-3-5-13-19/h3-15,22,25H,16,24H2,1-2H3/t22-/m1/s1. The first kappa shape index (κ1) is 17.4. The molecule has 2 heteroatoms. The van der Waals surface area contributed by atoms with Crippen LogP contribution in [-0.2, 0) is 12.0 Å². The quantitative estimate of drug-likeness (QED) is 0.739. The van der Waals surface area contributed by atoms with E-state index in [1.54, 1.807) is 0 Å². The Morgan fingerprint density at radius 1 is 0.760 bits per heavy atom. The van der Waals surface area contributed by atoms with E-state index < -0.39 is 11.6 Å². The summed E-state index contributed by atoms with van der Waals surface area (Å²) < 4.78 is 0. The summed E-state index contributed by atoms with van der Waals surface area (Å²) in [6.07, 6.45) is 0.597. The second-order valence-electron chi connectivity index (χ2n) is 6.69. The van der Waals surface area contributed by atoms with E-state index in [0.717, 1.165) is 27.8 Å². The second kappa shape index (κ2) is 7.22. The summed E-state index contributed by atoms with van der Waals surface area (Å²) in [7, 11) is 0. The molecule has 0 aromatic heterocycles. The zero-order valence-electron chi connectivity index (χ0n) is 14.8. The van der Waals surface area contributed by atoms with Crippen LogP contribution in [0.4, 0.5) is 0 Å². The van der Waals surface area contributed by atoms with Gasteiger partial charge in [-0.25, -0.2) is 0 Å². The van der Waals surface area contributed by atoms with Crippen LogP contribution in [0.1, 0.15) is 27.8 Å². The third kappa shape index (κ3) is 3.37. The SMILES string of the molecule is Cc1ccccc1C(O)(c1ccccc1C)[C@H](N)Cc1ccccc1. The third-order valence-corrected chi connectivity index (χ3v) is 4.95. The number of hydrogen-bond donors (Lipinski definition) is 2. The Morgan fingerprint density at radius 2 is 1.20 bits per heavy atom. The van der Waals surface area contributed by atoms with E-state index in [-0.39, 0.29) is 0 Å². The van der Waals surface area contributed by atoms with Gasteiger partial charge in [0.2, 0.25) is 0 Å². The van der Waals surface area contributed by atoms with E-state index in [2.05, 4.69) is 12.1 Å². The summed E-state index contributed by atoms with van der Waals surface area (Å²) >= 11 is 0. The maximum absolute atomic E-state index is 11.9. The van der Waals surface area contributed by atoms with Gasteiger partial charge in [-0.15, -0.1) is 0 Å². The van der Waals surface area contributed by atoms with Crippen molar-refractivity contribution in [1.82, 2.24) is 0 Å². The zero-order valence-corrected chi connectivity index (χ0v) is 14.8. The Morgan fingerprint density at radius 3 is 1.68 bits per heavy atom. The first-order valence-electron chi connectivity index (χ1n) is 8.67. The van der Waals surface area contributed by atoms with Gasteiger partial charge in [-0.2, -0.15) is 0 Å². The maximum atomic E-state index is 11.9. The smallest absolute Gasteiger partial charge is 0.130 e. The lowest BCUT2D eigenvalue weighted by Crippen LogP contribution is -2.48. The molecular weight excluding hydrogens is 306 g/mol. The molecule has 3 rings (SSSR count). The lowest BCUT2D eigenvalue weighted by Gasteiger charge is -2.37. The Bertz CT molecular complexity index is 796. The molecule has 0 radical (unpaired) electrons. The first-order chi connectivity index (χ1) is 12.0. The van der Waals surface area contributed by atoms with E-state index in [1.807, 2.05) is 80.6 Å². The molecule has 3 aromatic rings. The van der Waals surface area contributed by atoms with E-state index in [0.29, 0.717) is 6.42 Å². The van der Waals surface area contributed by atoms with Gasteiger partial charge in [-0.1, -0.05) is 78.9 Å². The summed E-state index contributed by atoms with van der Waals surface area (Å²) in [6.45, 7) is 4.04. The molecule has 0 unspecified atom stereocenters. The summed E-state index contributed by atoms with van der Waals surface area (Å²) in [4.78, 5) is 0. The van der Waals surface area contributed by atoms with Crippen LogP contribution in [0, 0.1) is 13.8 Å². The van der Waals surface area contributed by atoms with Crippen LogP contribution in [-0.4, -0.2) is 11.1 Å². The minimum Gasteiger partial charge on any atom is -0.379 e. The highest BCUT2D eigenvalue weighted by molar-refractivity contribution is 5.45. The van der Waals surface area contributed by atoms with Crippen molar-refractivity contribution in [2.45, 2.75) is 31.9 Å². The van der Waals surface area contributed by atoms with E-state index in [4.69, 9.17) is 5.73 Å². The van der Waals surface area contributed by atoms with Crippen molar-refractivity contribution < 1.29 is 5.11 Å². The fraction of sp³-hybridized carbons (Fsp3) is 0.217. The molecule has 3 aromatic carbocycles. The molecule has 0 fully saturated rings. The van der Waals surface area contributed by atoms with Crippen molar-refractivity contribution >= 4 is 0 Å². The fourth-order valence-electron chi connectivity index (χ4n) is 3.56. The van der Waals surface area contributed by atoms with Gasteiger partial charge in [0.15, 0.2) is 0 Å². The molecule has 0 aliphatic rings. The number of aryl methyl sites for hydroxylation is 2. The summed E-state index contributed by atoms with van der Waals surface area (Å²) in [5, 5.41) is 11.9. The van der Waals surface area contributed by atoms with Crippen molar-refractivity contribution in [2.24, 2.45) is 5.73 Å². The molecule has 2 nitrogen and oxygen atoms in total. The van der Waals surface area contributed by atoms with Gasteiger partial charge >= 0.3 is 0 Å². The number of hydrogen-bond acceptors (Lipinski definition) is 2. The van der Waals surface area contributed by atoms with Crippen LogP contribution < -0.4 is 5.73 Å². The summed E-state index contributed by atoms with van der Waals surface area (Å²) in [6, 6.07) is 25.5. The Labute approximate surface area is 150 Å². The number of rotatable bonds is 5. The van der Waals surface area contributed by atoms with Gasteiger partial charge in [-0.05, 0) is 48.1 Å². The fourth-order valence-corrected chi connectivity index (χ4v) is 3.56. The second-order valence-corrected chi connectivity index (χ2v) is 6.69. The van der Waals surface area contributed by atoms with Gasteiger partial charge in [0, 0.05) is 6.04 Å². The van der Waals surface area contributed by atoms with Crippen molar-refractivity contribution in [3.8, 4) is 0 Å². The van der Waals surface area contributed by atoms with Crippen molar-refractivity contribution in [3.05, 3.63) is 107 Å². The molecule has 0 spiro atoms. The van der Waals surface area contributed by atoms with Crippen LogP contribution in [0.2, 0.25) is 0 Å². The van der Waals surface area contributed by atoms with Crippen LogP contribution >= 0.6 is 0 Å². The number of benzene rings is 3. The van der Waals surface area contributed by atoms with E-state index >= 15 is 0 Å². The predicted octanol–water partition coefficient (Wildman–Crippen LogP) is 4.11. The Balaban J connectivity index is 2.12. The average molecular weight is 331 g/mol. The number of aliphatic hydroxyl groups is 1. The topological polar surface area (TPSA) is 46.2 Å². The Hall–Kier alpha value is -2.42. The van der Waals surface area contributed by atoms with Gasteiger partial charge in [0.1, 0.15) is 5.60 Å². The Kier molecular flexibility index (Phi) is 5.03. The first-order valence-corrected chi connectivity index (χ1v) is 8.67. The molecule has 0 bridgehead atoms. The molecule has 25 heavy (non-hydrogen) atoms. The van der Waals surface area contributed by atoms with Gasteiger partial charge < -0.3 is 10.8 Å². The monoisotopic (exact) mass is 331 g/mol. The molecule has 0 aliphatic heterocycles. The van der Waals surface area contributed by atoms with E-state index in [1.165, 1.54) is 0 Å². The van der Waals surface area contributed by atoms with Crippen LogP contribution in [0.5, 0.6) is 0 Å². The minimum absolute atomic E-state index is 0.461. The van der Waals surface area contributed by atoms with Crippen LogP contribution in [0.25, 0.3) is 0 Å². The summed E-state index contributed by atoms with van der Waals surface area (Å²) in [5.74, 6) is 0. The molecule has 0 heterocycles. The largest absolute Gasteiger partial charge is 0.379 e. The normalized spacial score (nSPS) is 12.8. The average Bonchev–Trinajstić information content (AvgIpc) is 2.62. The lowest BCUT2D eigenvalue weighted by molar-refractivity contribution is 0.0504. The van der Waals surface area contributed by atoms with Crippen molar-refractivity contribution in [3.63, 3.8) is 0 Å². The van der Waals surface area contributed by atoms with Gasteiger partial charge in [-0.3, -0.25) is 0 Å². The molecule has 1 atom stereocenters. The molecular formula is C23H25NO. The van der Waals surface area contributed by atoms with Crippen LogP contribution in [0.15, 0.2) is 78.9 Å². The van der Waals surface area contributed by atoms with Crippen molar-refractivity contribution in [2.75, 3.05) is 0 Å². The van der Waals surface area contributed by atoms with E-state index in [9.17, 15) is 5.11 Å². The maximum Gasteiger partial charge on any atom is 0.130 e. The molecule has 3 N–H and O–H groups in total. The molecule has 0 saturated heterocycles. The zero-order chi connectivity index (χ0) is 17.9. The third-order valence-electron chi connectivity index (χ3n) is 4.95. The van der Waals surface area contributed by atoms with Crippen molar-refractivity contribution in [1.29, 1.82) is 0 Å². The highest BCUT2D eigenvalue weighted by Gasteiger charge is 2.40. The van der Waals surface area contributed by atoms with Gasteiger partial charge in [0.25, 0.3) is 0 Å². The highest BCUT2D eigenvalue weighted by atomic mass is 16.3.